The first-order valence-corrected chi connectivity index (χ1v) is 7.80. The van der Waals surface area contributed by atoms with Gasteiger partial charge in [-0.1, -0.05) is 42.3 Å². The quantitative estimate of drug-likeness (QED) is 0.814. The largest absolute Gasteiger partial charge is 0.309 e. The van der Waals surface area contributed by atoms with E-state index in [1.165, 1.54) is 12.8 Å². The van der Waals surface area contributed by atoms with Crippen LogP contribution in [-0.4, -0.2) is 30.6 Å². The van der Waals surface area contributed by atoms with Crippen molar-refractivity contribution in [3.05, 3.63) is 33.8 Å². The van der Waals surface area contributed by atoms with E-state index in [1.807, 2.05) is 18.2 Å². The van der Waals surface area contributed by atoms with Crippen molar-refractivity contribution in [2.75, 3.05) is 19.6 Å². The van der Waals surface area contributed by atoms with Gasteiger partial charge in [0.25, 0.3) is 0 Å². The molecule has 0 bridgehead atoms. The highest BCUT2D eigenvalue weighted by Gasteiger charge is 2.27. The van der Waals surface area contributed by atoms with Crippen LogP contribution in [0, 0.1) is 0 Å². The Kier molecular flexibility index (Phi) is 5.52. The molecule has 1 fully saturated rings. The zero-order valence-electron chi connectivity index (χ0n) is 11.6. The van der Waals surface area contributed by atoms with Crippen LogP contribution in [0.4, 0.5) is 0 Å². The number of hydrogen-bond donors (Lipinski definition) is 1. The summed E-state index contributed by atoms with van der Waals surface area (Å²) in [6.07, 6.45) is 2.73. The lowest BCUT2D eigenvalue weighted by Crippen LogP contribution is -2.34. The lowest BCUT2D eigenvalue weighted by atomic mass is 10.1. The number of likely N-dealkylation sites (N-methyl/N-ethyl adjacent to an activating group) is 1. The summed E-state index contributed by atoms with van der Waals surface area (Å²) < 4.78 is 0. The van der Waals surface area contributed by atoms with Gasteiger partial charge in [0.2, 0.25) is 0 Å². The lowest BCUT2D eigenvalue weighted by molar-refractivity contribution is 0.273. The van der Waals surface area contributed by atoms with Crippen molar-refractivity contribution < 1.29 is 0 Å². The van der Waals surface area contributed by atoms with Crippen LogP contribution in [0.3, 0.4) is 0 Å². The van der Waals surface area contributed by atoms with Crippen LogP contribution < -0.4 is 5.32 Å². The number of benzene rings is 1. The van der Waals surface area contributed by atoms with Crippen molar-refractivity contribution in [1.82, 2.24) is 10.2 Å². The maximum Gasteiger partial charge on any atom is 0.0639 e. The van der Waals surface area contributed by atoms with Crippen LogP contribution >= 0.6 is 23.2 Å². The van der Waals surface area contributed by atoms with Crippen molar-refractivity contribution in [2.45, 2.75) is 38.8 Å². The number of nitrogens with zero attached hydrogens (tertiary/aromatic N) is 1. The third-order valence-corrected chi connectivity index (χ3v) is 4.60. The van der Waals surface area contributed by atoms with Crippen molar-refractivity contribution in [1.29, 1.82) is 0 Å². The Balaban J connectivity index is 1.83. The molecule has 1 aromatic rings. The van der Waals surface area contributed by atoms with E-state index in [4.69, 9.17) is 23.2 Å². The zero-order valence-corrected chi connectivity index (χ0v) is 13.1. The molecule has 0 aromatic heterocycles. The number of nitrogens with one attached hydrogen (secondary N) is 1. The number of hydrogen-bond acceptors (Lipinski definition) is 2. The molecular weight excluding hydrogens is 279 g/mol. The molecule has 2 rings (SSSR count). The molecule has 4 heteroatoms. The van der Waals surface area contributed by atoms with E-state index in [1.54, 1.807) is 0 Å². The van der Waals surface area contributed by atoms with Gasteiger partial charge in [0, 0.05) is 25.2 Å². The highest BCUT2D eigenvalue weighted by atomic mass is 35.5. The maximum absolute atomic E-state index is 6.23. The normalized spacial score (nSPS) is 16.9. The fraction of sp³-hybridized carbons (Fsp3) is 0.600. The predicted octanol–water partition coefficient (Wildman–Crippen LogP) is 4.13. The summed E-state index contributed by atoms with van der Waals surface area (Å²) >= 11 is 12.3. The molecule has 0 radical (unpaired) electrons. The van der Waals surface area contributed by atoms with Gasteiger partial charge in [-0.2, -0.15) is 0 Å². The Morgan fingerprint density at radius 3 is 2.74 bits per heavy atom. The molecule has 0 spiro atoms. The number of halogens is 2. The molecule has 1 unspecified atom stereocenters. The maximum atomic E-state index is 6.23. The summed E-state index contributed by atoms with van der Waals surface area (Å²) in [6, 6.07) is 6.86. The smallest absolute Gasteiger partial charge is 0.0639 e. The minimum Gasteiger partial charge on any atom is -0.309 e. The molecule has 1 atom stereocenters. The van der Waals surface area contributed by atoms with Gasteiger partial charge in [0.05, 0.1) is 10.0 Å². The molecule has 2 nitrogen and oxygen atoms in total. The van der Waals surface area contributed by atoms with E-state index in [9.17, 15) is 0 Å². The summed E-state index contributed by atoms with van der Waals surface area (Å²) in [5, 5.41) is 4.82. The lowest BCUT2D eigenvalue weighted by Gasteiger charge is -2.22. The summed E-state index contributed by atoms with van der Waals surface area (Å²) in [7, 11) is 0. The monoisotopic (exact) mass is 300 g/mol. The second-order valence-electron chi connectivity index (χ2n) is 5.18. The van der Waals surface area contributed by atoms with E-state index >= 15 is 0 Å². The Labute approximate surface area is 126 Å². The molecular formula is C15H22Cl2N2. The molecule has 0 heterocycles. The van der Waals surface area contributed by atoms with E-state index in [2.05, 4.69) is 24.1 Å². The van der Waals surface area contributed by atoms with Crippen LogP contribution in [-0.2, 0) is 0 Å². The second-order valence-corrected chi connectivity index (χ2v) is 5.96. The molecule has 19 heavy (non-hydrogen) atoms. The minimum absolute atomic E-state index is 0.226. The summed E-state index contributed by atoms with van der Waals surface area (Å²) in [4.78, 5) is 2.54. The Hall–Kier alpha value is -0.280. The Morgan fingerprint density at radius 2 is 2.11 bits per heavy atom. The standard InChI is InChI=1S/C15H22Cl2N2/c1-3-19(12-7-8-12)10-9-18-11(2)13-5-4-6-14(16)15(13)17/h4-6,11-12,18H,3,7-10H2,1-2H3. The van der Waals surface area contributed by atoms with Gasteiger partial charge < -0.3 is 5.32 Å². The molecule has 0 amide bonds. The van der Waals surface area contributed by atoms with E-state index < -0.39 is 0 Å². The Morgan fingerprint density at radius 1 is 1.37 bits per heavy atom. The highest BCUT2D eigenvalue weighted by molar-refractivity contribution is 6.42. The fourth-order valence-corrected chi connectivity index (χ4v) is 2.90. The molecule has 1 N–H and O–H groups in total. The average molecular weight is 301 g/mol. The van der Waals surface area contributed by atoms with Gasteiger partial charge >= 0.3 is 0 Å². The first-order chi connectivity index (χ1) is 9.13. The number of rotatable bonds is 7. The van der Waals surface area contributed by atoms with E-state index in [0.717, 1.165) is 31.2 Å². The molecule has 106 valence electrons. The molecule has 1 saturated carbocycles. The third kappa shape index (κ3) is 4.09. The van der Waals surface area contributed by atoms with E-state index in [-0.39, 0.29) is 6.04 Å². The average Bonchev–Trinajstić information content (AvgIpc) is 3.22. The molecule has 1 aliphatic rings. The SMILES string of the molecule is CCN(CCNC(C)c1cccc(Cl)c1Cl)C1CC1. The fourth-order valence-electron chi connectivity index (χ4n) is 2.43. The summed E-state index contributed by atoms with van der Waals surface area (Å²) in [5.74, 6) is 0. The van der Waals surface area contributed by atoms with Crippen molar-refractivity contribution >= 4 is 23.2 Å². The van der Waals surface area contributed by atoms with Crippen molar-refractivity contribution in [3.63, 3.8) is 0 Å². The molecule has 0 saturated heterocycles. The van der Waals surface area contributed by atoms with Crippen LogP contribution in [0.15, 0.2) is 18.2 Å². The first kappa shape index (κ1) is 15.1. The van der Waals surface area contributed by atoms with Crippen LogP contribution in [0.5, 0.6) is 0 Å². The molecule has 1 aromatic carbocycles. The molecule has 1 aliphatic carbocycles. The Bertz CT molecular complexity index is 419. The van der Waals surface area contributed by atoms with Crippen LogP contribution in [0.1, 0.15) is 38.3 Å². The second kappa shape index (κ2) is 6.94. The zero-order chi connectivity index (χ0) is 13.8. The minimum atomic E-state index is 0.226. The topological polar surface area (TPSA) is 15.3 Å². The predicted molar refractivity (Wildman–Crippen MR) is 83.1 cm³/mol. The van der Waals surface area contributed by atoms with Gasteiger partial charge in [-0.15, -0.1) is 0 Å². The molecule has 0 aliphatic heterocycles. The van der Waals surface area contributed by atoms with E-state index in [0.29, 0.717) is 10.0 Å². The van der Waals surface area contributed by atoms with Gasteiger partial charge in [0.1, 0.15) is 0 Å². The highest BCUT2D eigenvalue weighted by Crippen LogP contribution is 2.30. The third-order valence-electron chi connectivity index (χ3n) is 3.77. The van der Waals surface area contributed by atoms with Crippen LogP contribution in [0.2, 0.25) is 10.0 Å². The van der Waals surface area contributed by atoms with Crippen LogP contribution in [0.25, 0.3) is 0 Å². The summed E-state index contributed by atoms with van der Waals surface area (Å²) in [6.45, 7) is 7.58. The van der Waals surface area contributed by atoms with Crippen molar-refractivity contribution in [2.24, 2.45) is 0 Å². The first-order valence-electron chi connectivity index (χ1n) is 7.04. The van der Waals surface area contributed by atoms with Crippen molar-refractivity contribution in [3.8, 4) is 0 Å². The summed E-state index contributed by atoms with van der Waals surface area (Å²) in [5.41, 5.74) is 1.07. The van der Waals surface area contributed by atoms with Gasteiger partial charge in [0.15, 0.2) is 0 Å². The van der Waals surface area contributed by atoms with Gasteiger partial charge in [-0.25, -0.2) is 0 Å². The van der Waals surface area contributed by atoms with Gasteiger partial charge in [-0.3, -0.25) is 4.90 Å². The van der Waals surface area contributed by atoms with Gasteiger partial charge in [-0.05, 0) is 37.9 Å².